The van der Waals surface area contributed by atoms with E-state index in [1.165, 1.54) is 4.53 Å². The lowest BCUT2D eigenvalue weighted by atomic mass is 9.90. The lowest BCUT2D eigenvalue weighted by Gasteiger charge is -2.23. The first kappa shape index (κ1) is 18.3. The molecule has 0 spiro atoms. The first-order valence-electron chi connectivity index (χ1n) is 7.44. The predicted molar refractivity (Wildman–Crippen MR) is 101 cm³/mol. The van der Waals surface area contributed by atoms with Crippen molar-refractivity contribution < 1.29 is 4.79 Å². The summed E-state index contributed by atoms with van der Waals surface area (Å²) >= 11 is 12.1. The van der Waals surface area contributed by atoms with Crippen molar-refractivity contribution in [2.24, 2.45) is 10.4 Å². The van der Waals surface area contributed by atoms with Gasteiger partial charge in [0.1, 0.15) is 0 Å². The highest BCUT2D eigenvalue weighted by molar-refractivity contribution is 6.42. The summed E-state index contributed by atoms with van der Waals surface area (Å²) in [6.45, 7) is 5.49. The lowest BCUT2D eigenvalue weighted by Crippen LogP contribution is -2.44. The van der Waals surface area contributed by atoms with Crippen molar-refractivity contribution in [2.45, 2.75) is 20.8 Å². The number of hydrazine groups is 1. The Morgan fingerprint density at radius 2 is 1.62 bits per heavy atom. The number of carbonyl (C=O) groups is 1. The van der Waals surface area contributed by atoms with Crippen LogP contribution < -0.4 is 9.95 Å². The van der Waals surface area contributed by atoms with Gasteiger partial charge in [0.15, 0.2) is 5.84 Å². The molecule has 0 heterocycles. The van der Waals surface area contributed by atoms with Gasteiger partial charge in [-0.1, -0.05) is 50.6 Å². The quantitative estimate of drug-likeness (QED) is 0.353. The molecule has 0 fully saturated rings. The second kappa shape index (κ2) is 7.69. The van der Waals surface area contributed by atoms with E-state index in [0.717, 1.165) is 0 Å². The molecule has 2 aromatic rings. The Morgan fingerprint density at radius 3 is 2.17 bits per heavy atom. The smallest absolute Gasteiger partial charge is 0.204 e. The second-order valence-electron chi connectivity index (χ2n) is 6.24. The molecule has 0 unspecified atom stereocenters. The maximum Gasteiger partial charge on any atom is 0.204 e. The van der Waals surface area contributed by atoms with Crippen LogP contribution in [0.25, 0.3) is 0 Å². The van der Waals surface area contributed by atoms with Crippen LogP contribution in [-0.4, -0.2) is 11.6 Å². The molecule has 0 radical (unpaired) electrons. The van der Waals surface area contributed by atoms with Gasteiger partial charge < -0.3 is 0 Å². The standard InChI is InChI=1S/C18H19Cl2N3O/c1-18(2,3)16(24)17(21-14-11-9-13(19)10-12-14)22-23(20)15-7-5-4-6-8-15/h4-12H,1-3H3,(H,21,22). The number of nitrogens with one attached hydrogen (secondary N) is 1. The van der Waals surface area contributed by atoms with Crippen molar-refractivity contribution in [2.75, 3.05) is 4.53 Å². The van der Waals surface area contributed by atoms with Crippen LogP contribution in [0.4, 0.5) is 11.4 Å². The van der Waals surface area contributed by atoms with Crippen molar-refractivity contribution in [3.8, 4) is 0 Å². The SMILES string of the molecule is CC(C)(C)C(=O)C(=Nc1ccc(Cl)cc1)NN(Cl)c1ccccc1. The third-order valence-electron chi connectivity index (χ3n) is 3.15. The van der Waals surface area contributed by atoms with Gasteiger partial charge in [0.25, 0.3) is 0 Å². The van der Waals surface area contributed by atoms with Gasteiger partial charge in [0.05, 0.1) is 11.4 Å². The summed E-state index contributed by atoms with van der Waals surface area (Å²) in [5.74, 6) is 0.00251. The number of halogens is 2. The first-order chi connectivity index (χ1) is 11.3. The molecule has 0 aliphatic heterocycles. The summed E-state index contributed by atoms with van der Waals surface area (Å²) in [5.41, 5.74) is 3.57. The van der Waals surface area contributed by atoms with E-state index in [0.29, 0.717) is 16.4 Å². The monoisotopic (exact) mass is 363 g/mol. The zero-order chi connectivity index (χ0) is 17.7. The van der Waals surface area contributed by atoms with E-state index in [-0.39, 0.29) is 11.6 Å². The average Bonchev–Trinajstić information content (AvgIpc) is 2.55. The van der Waals surface area contributed by atoms with Crippen LogP contribution in [0.15, 0.2) is 59.6 Å². The molecule has 0 atom stereocenters. The fourth-order valence-electron chi connectivity index (χ4n) is 1.84. The molecule has 126 valence electrons. The molecule has 0 saturated heterocycles. The first-order valence-corrected chi connectivity index (χ1v) is 8.15. The highest BCUT2D eigenvalue weighted by atomic mass is 35.5. The van der Waals surface area contributed by atoms with Gasteiger partial charge in [-0.05, 0) is 36.4 Å². The van der Waals surface area contributed by atoms with Crippen molar-refractivity contribution in [1.29, 1.82) is 0 Å². The summed E-state index contributed by atoms with van der Waals surface area (Å²) < 4.78 is 1.25. The molecule has 6 heteroatoms. The Morgan fingerprint density at radius 1 is 1.04 bits per heavy atom. The van der Waals surface area contributed by atoms with Crippen LogP contribution in [0.5, 0.6) is 0 Å². The predicted octanol–water partition coefficient (Wildman–Crippen LogP) is 5.15. The Bertz CT molecular complexity index is 722. The molecule has 2 rings (SSSR count). The van der Waals surface area contributed by atoms with Gasteiger partial charge >= 0.3 is 0 Å². The number of benzene rings is 2. The van der Waals surface area contributed by atoms with Crippen LogP contribution in [0.1, 0.15) is 20.8 Å². The molecule has 0 saturated carbocycles. The van der Waals surface area contributed by atoms with Crippen LogP contribution >= 0.6 is 23.4 Å². The highest BCUT2D eigenvalue weighted by Gasteiger charge is 2.27. The Balaban J connectivity index is 2.33. The minimum Gasteiger partial charge on any atom is -0.290 e. The van der Waals surface area contributed by atoms with Crippen molar-refractivity contribution in [3.63, 3.8) is 0 Å². The molecular formula is C18H19Cl2N3O. The van der Waals surface area contributed by atoms with Gasteiger partial charge in [-0.25, -0.2) is 4.99 Å². The number of para-hydroxylation sites is 1. The minimum absolute atomic E-state index is 0.154. The van der Waals surface area contributed by atoms with E-state index in [1.807, 2.05) is 51.1 Å². The molecule has 2 aromatic carbocycles. The molecule has 0 aliphatic carbocycles. The van der Waals surface area contributed by atoms with Gasteiger partial charge in [0.2, 0.25) is 5.78 Å². The number of ketones is 1. The minimum atomic E-state index is -0.604. The zero-order valence-corrected chi connectivity index (χ0v) is 15.3. The summed E-state index contributed by atoms with van der Waals surface area (Å²) in [5, 5.41) is 0.605. The number of aliphatic imine (C=N–C) groups is 1. The molecule has 0 aromatic heterocycles. The molecule has 0 bridgehead atoms. The number of amidine groups is 1. The molecule has 1 N–H and O–H groups in total. The van der Waals surface area contributed by atoms with Gasteiger partial charge in [-0.3, -0.25) is 10.2 Å². The average molecular weight is 364 g/mol. The lowest BCUT2D eigenvalue weighted by molar-refractivity contribution is -0.119. The van der Waals surface area contributed by atoms with Crippen LogP contribution in [0.2, 0.25) is 5.02 Å². The fraction of sp³-hybridized carbons (Fsp3) is 0.222. The van der Waals surface area contributed by atoms with E-state index in [2.05, 4.69) is 10.4 Å². The maximum absolute atomic E-state index is 12.7. The molecule has 0 amide bonds. The van der Waals surface area contributed by atoms with Crippen molar-refractivity contribution in [3.05, 3.63) is 59.6 Å². The summed E-state index contributed by atoms with van der Waals surface area (Å²) in [4.78, 5) is 17.1. The third kappa shape index (κ3) is 4.98. The fourth-order valence-corrected chi connectivity index (χ4v) is 2.16. The topological polar surface area (TPSA) is 44.7 Å². The van der Waals surface area contributed by atoms with Crippen LogP contribution in [0.3, 0.4) is 0 Å². The Labute approximate surface area is 152 Å². The van der Waals surface area contributed by atoms with Crippen molar-refractivity contribution in [1.82, 2.24) is 5.43 Å². The van der Waals surface area contributed by atoms with Gasteiger partial charge in [-0.15, -0.1) is 0 Å². The molecule has 0 aliphatic rings. The number of anilines is 1. The second-order valence-corrected chi connectivity index (χ2v) is 7.02. The van der Waals surface area contributed by atoms with E-state index < -0.39 is 5.41 Å². The third-order valence-corrected chi connectivity index (χ3v) is 3.68. The largest absolute Gasteiger partial charge is 0.290 e. The Kier molecular flexibility index (Phi) is 5.86. The normalized spacial score (nSPS) is 12.0. The van der Waals surface area contributed by atoms with Gasteiger partial charge in [0, 0.05) is 22.2 Å². The number of carbonyl (C=O) groups excluding carboxylic acids is 1. The van der Waals surface area contributed by atoms with Crippen LogP contribution in [-0.2, 0) is 4.79 Å². The number of rotatable bonds is 4. The maximum atomic E-state index is 12.7. The van der Waals surface area contributed by atoms with E-state index >= 15 is 0 Å². The van der Waals surface area contributed by atoms with Crippen molar-refractivity contribution >= 4 is 46.4 Å². The van der Waals surface area contributed by atoms with Gasteiger partial charge in [-0.2, -0.15) is 4.53 Å². The number of hydrogen-bond acceptors (Lipinski definition) is 3. The summed E-state index contributed by atoms with van der Waals surface area (Å²) in [6, 6.07) is 16.1. The number of Topliss-reactive ketones (excluding diaryl/α,β-unsaturated/α-hetero) is 1. The number of nitrogens with zero attached hydrogens (tertiary/aromatic N) is 2. The highest BCUT2D eigenvalue weighted by Crippen LogP contribution is 2.21. The van der Waals surface area contributed by atoms with E-state index in [9.17, 15) is 4.79 Å². The summed E-state index contributed by atoms with van der Waals surface area (Å²) in [7, 11) is 0. The zero-order valence-electron chi connectivity index (χ0n) is 13.8. The molecule has 4 nitrogen and oxygen atoms in total. The van der Waals surface area contributed by atoms with E-state index in [4.69, 9.17) is 23.4 Å². The van der Waals surface area contributed by atoms with Crippen LogP contribution in [0, 0.1) is 5.41 Å². The molecule has 24 heavy (non-hydrogen) atoms. The summed E-state index contributed by atoms with van der Waals surface area (Å²) in [6.07, 6.45) is 0. The molecular weight excluding hydrogens is 345 g/mol. The number of hydrogen-bond donors (Lipinski definition) is 1. The van der Waals surface area contributed by atoms with E-state index in [1.54, 1.807) is 24.3 Å². The Hall–Kier alpha value is -2.04.